The van der Waals surface area contributed by atoms with Crippen LogP contribution in [0, 0.1) is 5.92 Å². The fraction of sp³-hybridized carbons (Fsp3) is 0.538. The first kappa shape index (κ1) is 11.6. The maximum absolute atomic E-state index is 5.72. The molecule has 2 aromatic rings. The van der Waals surface area contributed by atoms with Crippen molar-refractivity contribution >= 4 is 5.65 Å². The van der Waals surface area contributed by atoms with Crippen molar-refractivity contribution < 1.29 is 0 Å². The first-order valence-electron chi connectivity index (χ1n) is 6.48. The van der Waals surface area contributed by atoms with Crippen LogP contribution in [0.2, 0.25) is 0 Å². The molecule has 1 fully saturated rings. The molecule has 1 aliphatic heterocycles. The molecule has 0 radical (unpaired) electrons. The molecule has 2 N–H and O–H groups in total. The minimum atomic E-state index is 0.509. The van der Waals surface area contributed by atoms with Gasteiger partial charge in [-0.05, 0) is 32.0 Å². The molecule has 1 atom stereocenters. The topological polar surface area (TPSA) is 59.5 Å². The van der Waals surface area contributed by atoms with Gasteiger partial charge in [-0.25, -0.2) is 0 Å². The predicted molar refractivity (Wildman–Crippen MR) is 70.2 cm³/mol. The van der Waals surface area contributed by atoms with Crippen LogP contribution in [0.25, 0.3) is 5.65 Å². The van der Waals surface area contributed by atoms with E-state index in [1.54, 1.807) is 0 Å². The van der Waals surface area contributed by atoms with E-state index in [1.807, 2.05) is 18.3 Å². The first-order valence-corrected chi connectivity index (χ1v) is 6.48. The summed E-state index contributed by atoms with van der Waals surface area (Å²) in [5.74, 6) is 1.75. The van der Waals surface area contributed by atoms with E-state index in [9.17, 15) is 0 Å². The van der Waals surface area contributed by atoms with Crippen LogP contribution in [-0.2, 0) is 13.0 Å². The van der Waals surface area contributed by atoms with Gasteiger partial charge in [0, 0.05) is 31.3 Å². The van der Waals surface area contributed by atoms with Crippen LogP contribution in [-0.4, -0.2) is 39.6 Å². The molecule has 1 unspecified atom stereocenters. The number of nitrogens with two attached hydrogens (primary N) is 1. The highest BCUT2D eigenvalue weighted by Gasteiger charge is 2.21. The summed E-state index contributed by atoms with van der Waals surface area (Å²) in [5, 5.41) is 8.60. The second-order valence-electron chi connectivity index (χ2n) is 5.17. The zero-order chi connectivity index (χ0) is 12.5. The number of pyridine rings is 1. The lowest BCUT2D eigenvalue weighted by Gasteiger charge is -2.09. The van der Waals surface area contributed by atoms with Crippen molar-refractivity contribution in [3.8, 4) is 0 Å². The van der Waals surface area contributed by atoms with Crippen LogP contribution < -0.4 is 5.73 Å². The van der Waals surface area contributed by atoms with Gasteiger partial charge in [0.05, 0.1) is 0 Å². The molecule has 0 amide bonds. The molecular weight excluding hydrogens is 226 g/mol. The Morgan fingerprint density at radius 1 is 1.44 bits per heavy atom. The van der Waals surface area contributed by atoms with Gasteiger partial charge in [0.25, 0.3) is 0 Å². The Balaban J connectivity index is 1.89. The fourth-order valence-electron chi connectivity index (χ4n) is 2.77. The SMILES string of the molecule is CN1CCC(Cc2nnc3c(CN)cccn23)C1. The summed E-state index contributed by atoms with van der Waals surface area (Å²) in [4.78, 5) is 2.37. The lowest BCUT2D eigenvalue weighted by Crippen LogP contribution is -2.15. The van der Waals surface area contributed by atoms with Gasteiger partial charge in [0.2, 0.25) is 0 Å². The number of hydrogen-bond donors (Lipinski definition) is 1. The summed E-state index contributed by atoms with van der Waals surface area (Å²) < 4.78 is 2.08. The van der Waals surface area contributed by atoms with Gasteiger partial charge >= 0.3 is 0 Å². The van der Waals surface area contributed by atoms with Crippen LogP contribution in [0.3, 0.4) is 0 Å². The number of rotatable bonds is 3. The van der Waals surface area contributed by atoms with Crippen molar-refractivity contribution in [3.05, 3.63) is 29.7 Å². The van der Waals surface area contributed by atoms with E-state index in [0.717, 1.165) is 30.0 Å². The van der Waals surface area contributed by atoms with E-state index >= 15 is 0 Å². The van der Waals surface area contributed by atoms with E-state index in [-0.39, 0.29) is 0 Å². The van der Waals surface area contributed by atoms with E-state index in [0.29, 0.717) is 12.5 Å². The Hall–Kier alpha value is -1.46. The lowest BCUT2D eigenvalue weighted by molar-refractivity contribution is 0.392. The number of nitrogens with zero attached hydrogens (tertiary/aromatic N) is 4. The average Bonchev–Trinajstić information content (AvgIpc) is 2.97. The largest absolute Gasteiger partial charge is 0.326 e. The molecule has 2 aromatic heterocycles. The second-order valence-corrected chi connectivity index (χ2v) is 5.17. The first-order chi connectivity index (χ1) is 8.78. The summed E-state index contributed by atoms with van der Waals surface area (Å²) >= 11 is 0. The standard InChI is InChI=1S/C13H19N5/c1-17-6-4-10(9-17)7-12-15-16-13-11(8-14)3-2-5-18(12)13/h2-3,5,10H,4,6-9,14H2,1H3. The molecule has 0 aliphatic carbocycles. The molecule has 96 valence electrons. The number of hydrogen-bond acceptors (Lipinski definition) is 4. The summed E-state index contributed by atoms with van der Waals surface area (Å²) in [6.45, 7) is 2.86. The van der Waals surface area contributed by atoms with E-state index < -0.39 is 0 Å². The highest BCUT2D eigenvalue weighted by molar-refractivity contribution is 5.47. The maximum Gasteiger partial charge on any atom is 0.165 e. The molecule has 3 heterocycles. The molecule has 0 saturated carbocycles. The third kappa shape index (κ3) is 2.00. The molecule has 1 saturated heterocycles. The Kier molecular flexibility index (Phi) is 3.01. The Bertz CT molecular complexity index is 547. The molecule has 0 aromatic carbocycles. The summed E-state index contributed by atoms with van der Waals surface area (Å²) in [6, 6.07) is 4.03. The van der Waals surface area contributed by atoms with Crippen LogP contribution in [0.1, 0.15) is 17.8 Å². The number of aromatic nitrogens is 3. The Morgan fingerprint density at radius 2 is 2.33 bits per heavy atom. The lowest BCUT2D eigenvalue weighted by atomic mass is 10.0. The van der Waals surface area contributed by atoms with Crippen molar-refractivity contribution in [3.63, 3.8) is 0 Å². The smallest absolute Gasteiger partial charge is 0.165 e. The van der Waals surface area contributed by atoms with E-state index in [1.165, 1.54) is 13.0 Å². The van der Waals surface area contributed by atoms with Crippen LogP contribution >= 0.6 is 0 Å². The monoisotopic (exact) mass is 245 g/mol. The van der Waals surface area contributed by atoms with Crippen LogP contribution in [0.4, 0.5) is 0 Å². The second kappa shape index (κ2) is 4.66. The quantitative estimate of drug-likeness (QED) is 0.864. The third-order valence-corrected chi connectivity index (χ3v) is 3.77. The van der Waals surface area contributed by atoms with Gasteiger partial charge < -0.3 is 10.6 Å². The minimum absolute atomic E-state index is 0.509. The Morgan fingerprint density at radius 3 is 3.06 bits per heavy atom. The summed E-state index contributed by atoms with van der Waals surface area (Å²) in [5.41, 5.74) is 7.68. The molecule has 0 spiro atoms. The van der Waals surface area contributed by atoms with Gasteiger partial charge in [-0.2, -0.15) is 0 Å². The molecule has 0 bridgehead atoms. The van der Waals surface area contributed by atoms with Crippen molar-refractivity contribution in [2.75, 3.05) is 20.1 Å². The molecule has 5 heteroatoms. The van der Waals surface area contributed by atoms with Gasteiger partial charge in [0.15, 0.2) is 5.65 Å². The van der Waals surface area contributed by atoms with Crippen LogP contribution in [0.5, 0.6) is 0 Å². The van der Waals surface area contributed by atoms with Gasteiger partial charge in [-0.15, -0.1) is 10.2 Å². The van der Waals surface area contributed by atoms with Crippen molar-refractivity contribution in [2.45, 2.75) is 19.4 Å². The minimum Gasteiger partial charge on any atom is -0.326 e. The Labute approximate surface area is 107 Å². The molecule has 1 aliphatic rings. The van der Waals surface area contributed by atoms with Gasteiger partial charge in [0.1, 0.15) is 5.82 Å². The van der Waals surface area contributed by atoms with Crippen molar-refractivity contribution in [2.24, 2.45) is 11.7 Å². The average molecular weight is 245 g/mol. The van der Waals surface area contributed by atoms with Crippen molar-refractivity contribution in [1.29, 1.82) is 0 Å². The zero-order valence-corrected chi connectivity index (χ0v) is 10.7. The normalized spacial score (nSPS) is 20.9. The molecular formula is C13H19N5. The van der Waals surface area contributed by atoms with Crippen molar-refractivity contribution in [1.82, 2.24) is 19.5 Å². The van der Waals surface area contributed by atoms with Gasteiger partial charge in [-0.1, -0.05) is 6.07 Å². The third-order valence-electron chi connectivity index (χ3n) is 3.77. The van der Waals surface area contributed by atoms with E-state index in [4.69, 9.17) is 5.73 Å². The highest BCUT2D eigenvalue weighted by atomic mass is 15.2. The summed E-state index contributed by atoms with van der Waals surface area (Å²) in [6.07, 6.45) is 4.28. The zero-order valence-electron chi connectivity index (χ0n) is 10.7. The molecule has 18 heavy (non-hydrogen) atoms. The summed E-state index contributed by atoms with van der Waals surface area (Å²) in [7, 11) is 2.18. The van der Waals surface area contributed by atoms with Crippen LogP contribution in [0.15, 0.2) is 18.3 Å². The highest BCUT2D eigenvalue weighted by Crippen LogP contribution is 2.19. The predicted octanol–water partition coefficient (Wildman–Crippen LogP) is 0.682. The molecule has 5 nitrogen and oxygen atoms in total. The van der Waals surface area contributed by atoms with E-state index in [2.05, 4.69) is 26.5 Å². The fourth-order valence-corrected chi connectivity index (χ4v) is 2.77. The number of likely N-dealkylation sites (tertiary alicyclic amines) is 1. The maximum atomic E-state index is 5.72. The van der Waals surface area contributed by atoms with Gasteiger partial charge in [-0.3, -0.25) is 4.40 Å². The molecule has 3 rings (SSSR count). The number of fused-ring (bicyclic) bond motifs is 1.